The van der Waals surface area contributed by atoms with Gasteiger partial charge >= 0.3 is 0 Å². The molecule has 194 valence electrons. The fraction of sp³-hybridized carbons (Fsp3) is 0.259. The molecule has 0 saturated carbocycles. The van der Waals surface area contributed by atoms with Gasteiger partial charge in [0.1, 0.15) is 4.90 Å². The van der Waals surface area contributed by atoms with Gasteiger partial charge in [0.2, 0.25) is 21.8 Å². The van der Waals surface area contributed by atoms with Crippen LogP contribution in [-0.2, 0) is 32.6 Å². The van der Waals surface area contributed by atoms with Crippen LogP contribution in [0.15, 0.2) is 77.7 Å². The van der Waals surface area contributed by atoms with Crippen molar-refractivity contribution in [3.63, 3.8) is 0 Å². The standard InChI is InChI=1S/C27H27Cl2N3O4S/c28-22-10-13-24(29)25(17-22)37(35,36)32(18-21-6-2-1-3-7-21)19-26(33)30-23-11-8-20(9-12-23)16-27(34)31-14-4-5-15-31/h1-3,6-13,17H,4-5,14-16,18-19H2,(H,30,33). The van der Waals surface area contributed by atoms with E-state index >= 15 is 0 Å². The quantitative estimate of drug-likeness (QED) is 0.400. The number of hydrogen-bond donors (Lipinski definition) is 1. The van der Waals surface area contributed by atoms with E-state index in [1.807, 2.05) is 11.0 Å². The van der Waals surface area contributed by atoms with Crippen molar-refractivity contribution >= 4 is 50.7 Å². The third-order valence-electron chi connectivity index (χ3n) is 6.08. The minimum atomic E-state index is -4.15. The molecule has 1 fully saturated rings. The first-order chi connectivity index (χ1) is 17.7. The van der Waals surface area contributed by atoms with E-state index in [-0.39, 0.29) is 27.4 Å². The third kappa shape index (κ3) is 7.11. The van der Waals surface area contributed by atoms with Crippen LogP contribution in [-0.4, -0.2) is 49.1 Å². The van der Waals surface area contributed by atoms with Gasteiger partial charge in [0.05, 0.1) is 18.0 Å². The Morgan fingerprint density at radius 3 is 2.24 bits per heavy atom. The first-order valence-electron chi connectivity index (χ1n) is 11.9. The molecular weight excluding hydrogens is 533 g/mol. The second kappa shape index (κ2) is 12.1. The minimum Gasteiger partial charge on any atom is -0.342 e. The van der Waals surface area contributed by atoms with Crippen molar-refractivity contribution in [2.75, 3.05) is 25.0 Å². The molecule has 1 N–H and O–H groups in total. The van der Waals surface area contributed by atoms with Crippen LogP contribution in [0.4, 0.5) is 5.69 Å². The summed E-state index contributed by atoms with van der Waals surface area (Å²) in [6.07, 6.45) is 2.38. The highest BCUT2D eigenvalue weighted by Crippen LogP contribution is 2.28. The number of carbonyl (C=O) groups is 2. The van der Waals surface area contributed by atoms with Gasteiger partial charge in [0, 0.05) is 30.3 Å². The second-order valence-electron chi connectivity index (χ2n) is 8.84. The molecule has 0 unspecified atom stereocenters. The van der Waals surface area contributed by atoms with Gasteiger partial charge in [-0.05, 0) is 54.3 Å². The lowest BCUT2D eigenvalue weighted by atomic mass is 10.1. The number of anilines is 1. The molecule has 0 aromatic heterocycles. The number of likely N-dealkylation sites (tertiary alicyclic amines) is 1. The van der Waals surface area contributed by atoms with Crippen molar-refractivity contribution in [1.82, 2.24) is 9.21 Å². The van der Waals surface area contributed by atoms with E-state index in [4.69, 9.17) is 23.2 Å². The van der Waals surface area contributed by atoms with E-state index in [1.54, 1.807) is 48.5 Å². The predicted molar refractivity (Wildman–Crippen MR) is 145 cm³/mol. The Morgan fingerprint density at radius 2 is 1.57 bits per heavy atom. The van der Waals surface area contributed by atoms with Crippen LogP contribution in [0.3, 0.4) is 0 Å². The number of halogens is 2. The maximum atomic E-state index is 13.5. The molecule has 7 nitrogen and oxygen atoms in total. The van der Waals surface area contributed by atoms with Crippen LogP contribution in [0.25, 0.3) is 0 Å². The summed E-state index contributed by atoms with van der Waals surface area (Å²) in [7, 11) is -4.15. The van der Waals surface area contributed by atoms with Crippen molar-refractivity contribution < 1.29 is 18.0 Å². The van der Waals surface area contributed by atoms with Gasteiger partial charge in [-0.3, -0.25) is 9.59 Å². The SMILES string of the molecule is O=C(CN(Cc1ccccc1)S(=O)(=O)c1cc(Cl)ccc1Cl)Nc1ccc(CC(=O)N2CCCC2)cc1. The van der Waals surface area contributed by atoms with Crippen molar-refractivity contribution in [3.8, 4) is 0 Å². The Bertz CT molecular complexity index is 1360. The Labute approximate surface area is 227 Å². The molecule has 4 rings (SSSR count). The minimum absolute atomic E-state index is 0.0157. The monoisotopic (exact) mass is 559 g/mol. The molecule has 3 aromatic rings. The number of hydrogen-bond acceptors (Lipinski definition) is 4. The Morgan fingerprint density at radius 1 is 0.892 bits per heavy atom. The summed E-state index contributed by atoms with van der Waals surface area (Å²) in [6.45, 7) is 1.14. The van der Waals surface area contributed by atoms with E-state index in [0.29, 0.717) is 17.7 Å². The van der Waals surface area contributed by atoms with Gasteiger partial charge in [0.15, 0.2) is 0 Å². The highest BCUT2D eigenvalue weighted by Gasteiger charge is 2.29. The fourth-order valence-corrected chi connectivity index (χ4v) is 6.27. The van der Waals surface area contributed by atoms with Crippen molar-refractivity contribution in [2.24, 2.45) is 0 Å². The van der Waals surface area contributed by atoms with E-state index in [0.717, 1.165) is 35.8 Å². The summed E-state index contributed by atoms with van der Waals surface area (Å²) < 4.78 is 28.1. The highest BCUT2D eigenvalue weighted by atomic mass is 35.5. The van der Waals surface area contributed by atoms with Gasteiger partial charge in [0.25, 0.3) is 0 Å². The van der Waals surface area contributed by atoms with Gasteiger partial charge in [-0.2, -0.15) is 4.31 Å². The molecule has 1 saturated heterocycles. The Hall–Kier alpha value is -2.91. The van der Waals surface area contributed by atoms with E-state index in [2.05, 4.69) is 5.32 Å². The normalized spacial score (nSPS) is 13.6. The molecule has 1 aliphatic heterocycles. The number of sulfonamides is 1. The summed E-state index contributed by atoms with van der Waals surface area (Å²) in [5.74, 6) is -0.422. The van der Waals surface area contributed by atoms with Gasteiger partial charge in [-0.1, -0.05) is 65.7 Å². The fourth-order valence-electron chi connectivity index (χ4n) is 4.15. The molecule has 1 heterocycles. The van der Waals surface area contributed by atoms with E-state index < -0.39 is 22.5 Å². The predicted octanol–water partition coefficient (Wildman–Crippen LogP) is 4.99. The largest absolute Gasteiger partial charge is 0.342 e. The maximum absolute atomic E-state index is 13.5. The Balaban J connectivity index is 1.48. The molecule has 0 bridgehead atoms. The average Bonchev–Trinajstić information content (AvgIpc) is 3.42. The highest BCUT2D eigenvalue weighted by molar-refractivity contribution is 7.89. The second-order valence-corrected chi connectivity index (χ2v) is 11.6. The zero-order chi connectivity index (χ0) is 26.4. The first kappa shape index (κ1) is 27.1. The van der Waals surface area contributed by atoms with Crippen molar-refractivity contribution in [2.45, 2.75) is 30.7 Å². The lowest BCUT2D eigenvalue weighted by molar-refractivity contribution is -0.129. The first-order valence-corrected chi connectivity index (χ1v) is 14.1. The number of amides is 2. The maximum Gasteiger partial charge on any atom is 0.245 e. The van der Waals surface area contributed by atoms with Crippen LogP contribution in [0, 0.1) is 0 Å². The number of nitrogens with zero attached hydrogens (tertiary/aromatic N) is 2. The number of rotatable bonds is 9. The smallest absolute Gasteiger partial charge is 0.245 e. The third-order valence-corrected chi connectivity index (χ3v) is 8.59. The van der Waals surface area contributed by atoms with Gasteiger partial charge < -0.3 is 10.2 Å². The molecule has 0 atom stereocenters. The molecular formula is C27H27Cl2N3O4S. The molecule has 0 spiro atoms. The van der Waals surface area contributed by atoms with Crippen LogP contribution in [0.1, 0.15) is 24.0 Å². The molecule has 0 radical (unpaired) electrons. The number of carbonyl (C=O) groups excluding carboxylic acids is 2. The summed E-state index contributed by atoms with van der Waals surface area (Å²) in [5, 5.41) is 2.98. The summed E-state index contributed by atoms with van der Waals surface area (Å²) in [4.78, 5) is 27.0. The van der Waals surface area contributed by atoms with Crippen LogP contribution < -0.4 is 5.32 Å². The molecule has 3 aromatic carbocycles. The molecule has 2 amide bonds. The molecule has 1 aliphatic rings. The van der Waals surface area contributed by atoms with E-state index in [9.17, 15) is 18.0 Å². The van der Waals surface area contributed by atoms with Crippen molar-refractivity contribution in [3.05, 3.63) is 94.0 Å². The molecule has 10 heteroatoms. The van der Waals surface area contributed by atoms with Crippen molar-refractivity contribution in [1.29, 1.82) is 0 Å². The average molecular weight is 561 g/mol. The summed E-state index contributed by atoms with van der Waals surface area (Å²) in [6, 6.07) is 20.1. The summed E-state index contributed by atoms with van der Waals surface area (Å²) >= 11 is 12.2. The number of nitrogens with one attached hydrogen (secondary N) is 1. The Kier molecular flexibility index (Phi) is 8.87. The lowest BCUT2D eigenvalue weighted by Gasteiger charge is -2.23. The van der Waals surface area contributed by atoms with E-state index in [1.165, 1.54) is 18.2 Å². The topological polar surface area (TPSA) is 86.8 Å². The zero-order valence-electron chi connectivity index (χ0n) is 20.1. The lowest BCUT2D eigenvalue weighted by Crippen LogP contribution is -2.37. The summed E-state index contributed by atoms with van der Waals surface area (Å²) in [5.41, 5.74) is 2.06. The molecule has 37 heavy (non-hydrogen) atoms. The van der Waals surface area contributed by atoms with Crippen LogP contribution in [0.2, 0.25) is 10.0 Å². The van der Waals surface area contributed by atoms with Gasteiger partial charge in [-0.25, -0.2) is 8.42 Å². The molecule has 0 aliphatic carbocycles. The zero-order valence-corrected chi connectivity index (χ0v) is 22.4. The van der Waals surface area contributed by atoms with Crippen LogP contribution >= 0.6 is 23.2 Å². The van der Waals surface area contributed by atoms with Gasteiger partial charge in [-0.15, -0.1) is 0 Å². The van der Waals surface area contributed by atoms with Crippen LogP contribution in [0.5, 0.6) is 0 Å². The number of benzene rings is 3.